The van der Waals surface area contributed by atoms with Crippen molar-refractivity contribution in [2.75, 3.05) is 26.2 Å². The summed E-state index contributed by atoms with van der Waals surface area (Å²) in [4.78, 5) is 5.15. The molecule has 0 radical (unpaired) electrons. The summed E-state index contributed by atoms with van der Waals surface area (Å²) in [5.41, 5.74) is 7.22. The van der Waals surface area contributed by atoms with E-state index < -0.39 is 0 Å². The SMILES string of the molecule is NC1CCN(C2CCN(Cc3ccc(Br)cc3Cl)C2)CC1. The molecule has 21 heavy (non-hydrogen) atoms. The van der Waals surface area contributed by atoms with E-state index in [2.05, 4.69) is 37.9 Å². The van der Waals surface area contributed by atoms with Crippen LogP contribution in [0.3, 0.4) is 0 Å². The zero-order valence-electron chi connectivity index (χ0n) is 12.3. The number of hydrogen-bond donors (Lipinski definition) is 1. The van der Waals surface area contributed by atoms with Crippen molar-refractivity contribution in [1.82, 2.24) is 9.80 Å². The Balaban J connectivity index is 1.55. The molecule has 0 saturated carbocycles. The highest BCUT2D eigenvalue weighted by Gasteiger charge is 2.29. The van der Waals surface area contributed by atoms with Crippen LogP contribution in [0.4, 0.5) is 0 Å². The summed E-state index contributed by atoms with van der Waals surface area (Å²) < 4.78 is 1.04. The first-order valence-electron chi connectivity index (χ1n) is 7.78. The van der Waals surface area contributed by atoms with Crippen LogP contribution in [0.1, 0.15) is 24.8 Å². The van der Waals surface area contributed by atoms with E-state index in [0.717, 1.165) is 35.4 Å². The Morgan fingerprint density at radius 3 is 2.67 bits per heavy atom. The van der Waals surface area contributed by atoms with E-state index in [1.165, 1.54) is 31.6 Å². The van der Waals surface area contributed by atoms with Crippen molar-refractivity contribution in [2.24, 2.45) is 5.73 Å². The first kappa shape index (κ1) is 15.8. The molecule has 2 saturated heterocycles. The Bertz CT molecular complexity index is 488. The quantitative estimate of drug-likeness (QED) is 0.885. The van der Waals surface area contributed by atoms with Crippen LogP contribution in [-0.4, -0.2) is 48.1 Å². The number of halogens is 2. The normalized spacial score (nSPS) is 25.6. The third kappa shape index (κ3) is 3.99. The largest absolute Gasteiger partial charge is 0.328 e. The summed E-state index contributed by atoms with van der Waals surface area (Å²) >= 11 is 9.79. The zero-order chi connectivity index (χ0) is 14.8. The second-order valence-electron chi connectivity index (χ2n) is 6.29. The molecular formula is C16H23BrClN3. The van der Waals surface area contributed by atoms with Gasteiger partial charge in [-0.2, -0.15) is 0 Å². The molecule has 3 nitrogen and oxygen atoms in total. The maximum atomic E-state index is 6.33. The Morgan fingerprint density at radius 2 is 1.95 bits per heavy atom. The van der Waals surface area contributed by atoms with Gasteiger partial charge in [0.1, 0.15) is 0 Å². The fourth-order valence-electron chi connectivity index (χ4n) is 3.43. The molecule has 1 aromatic rings. The Morgan fingerprint density at radius 1 is 1.19 bits per heavy atom. The fourth-order valence-corrected chi connectivity index (χ4v) is 4.16. The highest BCUT2D eigenvalue weighted by atomic mass is 79.9. The molecule has 0 aromatic heterocycles. The zero-order valence-corrected chi connectivity index (χ0v) is 14.6. The monoisotopic (exact) mass is 371 g/mol. The predicted octanol–water partition coefficient (Wildman–Crippen LogP) is 3.10. The molecule has 2 N–H and O–H groups in total. The highest BCUT2D eigenvalue weighted by molar-refractivity contribution is 9.10. The Kier molecular flexibility index (Phi) is 5.23. The summed E-state index contributed by atoms with van der Waals surface area (Å²) in [5, 5.41) is 0.858. The van der Waals surface area contributed by atoms with Gasteiger partial charge in [0.2, 0.25) is 0 Å². The van der Waals surface area contributed by atoms with Crippen LogP contribution >= 0.6 is 27.5 Å². The van der Waals surface area contributed by atoms with Gasteiger partial charge >= 0.3 is 0 Å². The van der Waals surface area contributed by atoms with E-state index in [-0.39, 0.29) is 0 Å². The number of benzene rings is 1. The number of nitrogens with zero attached hydrogens (tertiary/aromatic N) is 2. The van der Waals surface area contributed by atoms with E-state index in [1.807, 2.05) is 6.07 Å². The first-order valence-corrected chi connectivity index (χ1v) is 8.95. The molecule has 2 aliphatic heterocycles. The Hall–Kier alpha value is -0.130. The lowest BCUT2D eigenvalue weighted by atomic mass is 10.0. The molecule has 5 heteroatoms. The van der Waals surface area contributed by atoms with Crippen LogP contribution in [0, 0.1) is 0 Å². The summed E-state index contributed by atoms with van der Waals surface area (Å²) in [6, 6.07) is 7.30. The number of rotatable bonds is 3. The van der Waals surface area contributed by atoms with Gasteiger partial charge in [-0.1, -0.05) is 33.6 Å². The molecule has 2 heterocycles. The van der Waals surface area contributed by atoms with Gasteiger partial charge in [0.05, 0.1) is 0 Å². The van der Waals surface area contributed by atoms with Crippen LogP contribution in [0.25, 0.3) is 0 Å². The predicted molar refractivity (Wildman–Crippen MR) is 91.6 cm³/mol. The maximum absolute atomic E-state index is 6.33. The van der Waals surface area contributed by atoms with Crippen LogP contribution in [-0.2, 0) is 6.54 Å². The van der Waals surface area contributed by atoms with Crippen LogP contribution in [0.15, 0.2) is 22.7 Å². The molecule has 1 unspecified atom stereocenters. The second kappa shape index (κ2) is 6.97. The van der Waals surface area contributed by atoms with Gasteiger partial charge in [0.25, 0.3) is 0 Å². The molecule has 2 fully saturated rings. The molecule has 2 aliphatic rings. The van der Waals surface area contributed by atoms with Crippen LogP contribution in [0.2, 0.25) is 5.02 Å². The number of hydrogen-bond acceptors (Lipinski definition) is 3. The summed E-state index contributed by atoms with van der Waals surface area (Å²) in [6.07, 6.45) is 3.56. The minimum Gasteiger partial charge on any atom is -0.328 e. The molecule has 0 aliphatic carbocycles. The van der Waals surface area contributed by atoms with Crippen LogP contribution in [0.5, 0.6) is 0 Å². The van der Waals surface area contributed by atoms with Gasteiger partial charge in [-0.25, -0.2) is 0 Å². The van der Waals surface area contributed by atoms with Crippen LogP contribution < -0.4 is 5.73 Å². The molecule has 0 amide bonds. The van der Waals surface area contributed by atoms with E-state index in [0.29, 0.717) is 12.1 Å². The molecule has 3 rings (SSSR count). The van der Waals surface area contributed by atoms with Gasteiger partial charge in [0, 0.05) is 41.2 Å². The van der Waals surface area contributed by atoms with E-state index in [1.54, 1.807) is 0 Å². The third-order valence-corrected chi connectivity index (χ3v) is 5.59. The minimum absolute atomic E-state index is 0.417. The van der Waals surface area contributed by atoms with Crippen molar-refractivity contribution in [1.29, 1.82) is 0 Å². The molecular weight excluding hydrogens is 350 g/mol. The lowest BCUT2D eigenvalue weighted by Crippen LogP contribution is -2.46. The standard InChI is InChI=1S/C16H23BrClN3/c17-13-2-1-12(16(18)9-13)10-20-6-5-15(11-20)21-7-3-14(19)4-8-21/h1-2,9,14-15H,3-8,10-11,19H2. The summed E-state index contributed by atoms with van der Waals surface area (Å²) in [6.45, 7) is 5.61. The van der Waals surface area contributed by atoms with Crippen molar-refractivity contribution in [3.63, 3.8) is 0 Å². The summed E-state index contributed by atoms with van der Waals surface area (Å²) in [5.74, 6) is 0. The molecule has 0 spiro atoms. The van der Waals surface area contributed by atoms with Gasteiger partial charge in [-0.15, -0.1) is 0 Å². The lowest BCUT2D eigenvalue weighted by molar-refractivity contribution is 0.151. The van der Waals surface area contributed by atoms with Crippen molar-refractivity contribution < 1.29 is 0 Å². The average Bonchev–Trinajstić information content (AvgIpc) is 2.91. The average molecular weight is 373 g/mol. The lowest BCUT2D eigenvalue weighted by Gasteiger charge is -2.34. The number of likely N-dealkylation sites (tertiary alicyclic amines) is 2. The third-order valence-electron chi connectivity index (χ3n) is 4.75. The van der Waals surface area contributed by atoms with Crippen molar-refractivity contribution in [3.05, 3.63) is 33.3 Å². The first-order chi connectivity index (χ1) is 10.1. The molecule has 0 bridgehead atoms. The molecule has 116 valence electrons. The van der Waals surface area contributed by atoms with Gasteiger partial charge in [-0.3, -0.25) is 9.80 Å². The van der Waals surface area contributed by atoms with Gasteiger partial charge < -0.3 is 5.73 Å². The van der Waals surface area contributed by atoms with Gasteiger partial charge in [-0.05, 0) is 50.0 Å². The topological polar surface area (TPSA) is 32.5 Å². The van der Waals surface area contributed by atoms with Gasteiger partial charge in [0.15, 0.2) is 0 Å². The molecule has 1 aromatic carbocycles. The second-order valence-corrected chi connectivity index (χ2v) is 7.61. The maximum Gasteiger partial charge on any atom is 0.0462 e. The molecule has 1 atom stereocenters. The fraction of sp³-hybridized carbons (Fsp3) is 0.625. The number of piperidine rings is 1. The van der Waals surface area contributed by atoms with E-state index >= 15 is 0 Å². The van der Waals surface area contributed by atoms with Crippen molar-refractivity contribution in [2.45, 2.75) is 37.9 Å². The Labute approximate surface area is 140 Å². The summed E-state index contributed by atoms with van der Waals surface area (Å²) in [7, 11) is 0. The van der Waals surface area contributed by atoms with Crippen molar-refractivity contribution >= 4 is 27.5 Å². The van der Waals surface area contributed by atoms with E-state index in [4.69, 9.17) is 17.3 Å². The highest BCUT2D eigenvalue weighted by Crippen LogP contribution is 2.25. The smallest absolute Gasteiger partial charge is 0.0462 e. The number of nitrogens with two attached hydrogens (primary N) is 1. The minimum atomic E-state index is 0.417. The van der Waals surface area contributed by atoms with E-state index in [9.17, 15) is 0 Å². The van der Waals surface area contributed by atoms with Crippen molar-refractivity contribution in [3.8, 4) is 0 Å².